The molecular weight excluding hydrogens is 242 g/mol. The summed E-state index contributed by atoms with van der Waals surface area (Å²) in [5.74, 6) is 0.554. The lowest BCUT2D eigenvalue weighted by Crippen LogP contribution is -2.44. The van der Waals surface area contributed by atoms with E-state index in [1.807, 2.05) is 6.92 Å². The Morgan fingerprint density at radius 2 is 2.22 bits per heavy atom. The molecule has 1 aromatic rings. The van der Waals surface area contributed by atoms with Crippen LogP contribution in [0.4, 0.5) is 8.78 Å². The zero-order chi connectivity index (χ0) is 13.5. The van der Waals surface area contributed by atoms with Gasteiger partial charge in [-0.1, -0.05) is 6.92 Å². The summed E-state index contributed by atoms with van der Waals surface area (Å²) in [5, 5.41) is 8.99. The van der Waals surface area contributed by atoms with Crippen molar-refractivity contribution in [1.82, 2.24) is 4.90 Å². The number of hydrogen-bond donors (Lipinski definition) is 2. The first-order valence-electron chi connectivity index (χ1n) is 6.02. The van der Waals surface area contributed by atoms with E-state index < -0.39 is 19.0 Å². The molecule has 0 bridgehead atoms. The molecule has 0 radical (unpaired) electrons. The minimum Gasteiger partial charge on any atom is -0.468 e. The second-order valence-electron chi connectivity index (χ2n) is 4.14. The summed E-state index contributed by atoms with van der Waals surface area (Å²) in [6, 6.07) is 2.66. The predicted molar refractivity (Wildman–Crippen MR) is 64.4 cm³/mol. The van der Waals surface area contributed by atoms with Crippen LogP contribution in [0.3, 0.4) is 0 Å². The van der Waals surface area contributed by atoms with E-state index in [4.69, 9.17) is 15.3 Å². The third kappa shape index (κ3) is 4.04. The zero-order valence-electron chi connectivity index (χ0n) is 10.4. The molecule has 0 aliphatic carbocycles. The molecule has 2 unspecified atom stereocenters. The minimum absolute atomic E-state index is 0.142. The molecule has 0 aliphatic heterocycles. The van der Waals surface area contributed by atoms with E-state index in [2.05, 4.69) is 0 Å². The summed E-state index contributed by atoms with van der Waals surface area (Å²) in [7, 11) is 0. The number of halogens is 2. The lowest BCUT2D eigenvalue weighted by atomic mass is 10.0. The second-order valence-corrected chi connectivity index (χ2v) is 4.14. The largest absolute Gasteiger partial charge is 0.468 e. The van der Waals surface area contributed by atoms with E-state index in [1.54, 1.807) is 12.1 Å². The van der Waals surface area contributed by atoms with Gasteiger partial charge in [-0.2, -0.15) is 0 Å². The van der Waals surface area contributed by atoms with Gasteiger partial charge in [0, 0.05) is 12.6 Å². The molecule has 1 rings (SSSR count). The van der Waals surface area contributed by atoms with Gasteiger partial charge in [-0.15, -0.1) is 0 Å². The smallest absolute Gasteiger partial charge is 0.251 e. The Kier molecular flexibility index (Phi) is 6.24. The minimum atomic E-state index is -2.47. The van der Waals surface area contributed by atoms with Crippen LogP contribution < -0.4 is 5.73 Å². The molecule has 1 heterocycles. The van der Waals surface area contributed by atoms with Crippen LogP contribution in [-0.4, -0.2) is 42.2 Å². The molecule has 0 amide bonds. The number of nitrogens with zero attached hydrogens (tertiary/aromatic N) is 1. The van der Waals surface area contributed by atoms with E-state index in [9.17, 15) is 8.78 Å². The molecule has 0 spiro atoms. The van der Waals surface area contributed by atoms with Gasteiger partial charge in [-0.25, -0.2) is 8.78 Å². The molecule has 1 aromatic heterocycles. The van der Waals surface area contributed by atoms with Gasteiger partial charge in [0.05, 0.1) is 25.5 Å². The summed E-state index contributed by atoms with van der Waals surface area (Å²) >= 11 is 0. The van der Waals surface area contributed by atoms with Crippen molar-refractivity contribution in [2.24, 2.45) is 5.73 Å². The standard InChI is InChI=1S/C12H20F2N2O2/c1-2-9(15)12(10-4-3-7-18-10)16(5-6-17)8-11(13)14/h3-4,7,9,11-12,17H,2,5-6,8,15H2,1H3. The lowest BCUT2D eigenvalue weighted by molar-refractivity contribution is 0.0403. The number of hydrogen-bond acceptors (Lipinski definition) is 4. The maximum atomic E-state index is 12.6. The van der Waals surface area contributed by atoms with Crippen molar-refractivity contribution in [1.29, 1.82) is 0 Å². The van der Waals surface area contributed by atoms with Crippen LogP contribution in [0.5, 0.6) is 0 Å². The predicted octanol–water partition coefficient (Wildman–Crippen LogP) is 1.62. The highest BCUT2D eigenvalue weighted by Gasteiger charge is 2.29. The van der Waals surface area contributed by atoms with Gasteiger partial charge in [0.2, 0.25) is 0 Å². The molecule has 0 saturated heterocycles. The van der Waals surface area contributed by atoms with E-state index in [0.717, 1.165) is 0 Å². The Morgan fingerprint density at radius 1 is 1.50 bits per heavy atom. The van der Waals surface area contributed by atoms with Crippen molar-refractivity contribution in [3.05, 3.63) is 24.2 Å². The highest BCUT2D eigenvalue weighted by atomic mass is 19.3. The molecule has 0 aromatic carbocycles. The molecule has 4 nitrogen and oxygen atoms in total. The molecular formula is C12H20F2N2O2. The summed E-state index contributed by atoms with van der Waals surface area (Å²) in [6.45, 7) is 1.41. The number of furan rings is 1. The van der Waals surface area contributed by atoms with Gasteiger partial charge >= 0.3 is 0 Å². The van der Waals surface area contributed by atoms with Crippen molar-refractivity contribution < 1.29 is 18.3 Å². The van der Waals surface area contributed by atoms with Gasteiger partial charge in [0.25, 0.3) is 6.43 Å². The quantitative estimate of drug-likeness (QED) is 0.747. The Hall–Kier alpha value is -0.980. The van der Waals surface area contributed by atoms with Gasteiger partial charge < -0.3 is 15.3 Å². The number of alkyl halides is 2. The van der Waals surface area contributed by atoms with Crippen molar-refractivity contribution in [3.63, 3.8) is 0 Å². The van der Waals surface area contributed by atoms with Crippen LogP contribution in [0.25, 0.3) is 0 Å². The van der Waals surface area contributed by atoms with Crippen LogP contribution in [0.2, 0.25) is 0 Å². The lowest BCUT2D eigenvalue weighted by Gasteiger charge is -2.33. The number of aliphatic hydroxyl groups excluding tert-OH is 1. The number of rotatable bonds is 8. The van der Waals surface area contributed by atoms with Gasteiger partial charge in [-0.3, -0.25) is 4.90 Å². The molecule has 0 aliphatic rings. The molecule has 2 atom stereocenters. The van der Waals surface area contributed by atoms with E-state index in [1.165, 1.54) is 11.2 Å². The van der Waals surface area contributed by atoms with Gasteiger partial charge in [0.1, 0.15) is 5.76 Å². The normalized spacial score (nSPS) is 15.3. The van der Waals surface area contributed by atoms with Crippen molar-refractivity contribution in [2.75, 3.05) is 19.7 Å². The van der Waals surface area contributed by atoms with Crippen LogP contribution in [0.15, 0.2) is 22.8 Å². The molecule has 0 saturated carbocycles. The summed E-state index contributed by atoms with van der Waals surface area (Å²) in [6.07, 6.45) is -0.348. The SMILES string of the molecule is CCC(N)C(c1ccco1)N(CCO)CC(F)F. The molecule has 6 heteroatoms. The van der Waals surface area contributed by atoms with E-state index >= 15 is 0 Å². The third-order valence-corrected chi connectivity index (χ3v) is 2.86. The van der Waals surface area contributed by atoms with Crippen molar-refractivity contribution in [2.45, 2.75) is 31.9 Å². The van der Waals surface area contributed by atoms with Crippen molar-refractivity contribution in [3.8, 4) is 0 Å². The summed E-state index contributed by atoms with van der Waals surface area (Å²) in [5.41, 5.74) is 5.99. The Labute approximate surface area is 105 Å². The first-order chi connectivity index (χ1) is 8.60. The Morgan fingerprint density at radius 3 is 2.67 bits per heavy atom. The molecule has 104 valence electrons. The van der Waals surface area contributed by atoms with Gasteiger partial charge in [0.15, 0.2) is 0 Å². The van der Waals surface area contributed by atoms with Crippen LogP contribution in [0, 0.1) is 0 Å². The van der Waals surface area contributed by atoms with Crippen LogP contribution in [0.1, 0.15) is 25.1 Å². The first kappa shape index (κ1) is 15.1. The second kappa shape index (κ2) is 7.45. The highest BCUT2D eigenvalue weighted by Crippen LogP contribution is 2.26. The average molecular weight is 262 g/mol. The first-order valence-corrected chi connectivity index (χ1v) is 6.02. The molecule has 3 N–H and O–H groups in total. The monoisotopic (exact) mass is 262 g/mol. The average Bonchev–Trinajstić information content (AvgIpc) is 2.82. The fraction of sp³-hybridized carbons (Fsp3) is 0.667. The number of aliphatic hydroxyl groups is 1. The fourth-order valence-corrected chi connectivity index (χ4v) is 1.99. The van der Waals surface area contributed by atoms with Crippen LogP contribution >= 0.6 is 0 Å². The Balaban J connectivity index is 2.90. The topological polar surface area (TPSA) is 62.6 Å². The summed E-state index contributed by atoms with van der Waals surface area (Å²) in [4.78, 5) is 1.47. The molecule has 18 heavy (non-hydrogen) atoms. The summed E-state index contributed by atoms with van der Waals surface area (Å²) < 4.78 is 30.4. The van der Waals surface area contributed by atoms with Gasteiger partial charge in [-0.05, 0) is 18.6 Å². The fourth-order valence-electron chi connectivity index (χ4n) is 1.99. The van der Waals surface area contributed by atoms with E-state index in [-0.39, 0.29) is 19.2 Å². The highest BCUT2D eigenvalue weighted by molar-refractivity contribution is 5.08. The maximum absolute atomic E-state index is 12.6. The van der Waals surface area contributed by atoms with Crippen LogP contribution in [-0.2, 0) is 0 Å². The van der Waals surface area contributed by atoms with Crippen molar-refractivity contribution >= 4 is 0 Å². The number of nitrogens with two attached hydrogens (primary N) is 1. The molecule has 0 fully saturated rings. The zero-order valence-corrected chi connectivity index (χ0v) is 10.4. The third-order valence-electron chi connectivity index (χ3n) is 2.86. The maximum Gasteiger partial charge on any atom is 0.251 e. The van der Waals surface area contributed by atoms with E-state index in [0.29, 0.717) is 12.2 Å². The Bertz CT molecular complexity index is 320.